The molecular weight excluding hydrogens is 246 g/mol. The van der Waals surface area contributed by atoms with E-state index in [0.29, 0.717) is 11.3 Å². The number of aromatic carboxylic acids is 1. The molecule has 0 aromatic heterocycles. The zero-order valence-electron chi connectivity index (χ0n) is 11.0. The van der Waals surface area contributed by atoms with Gasteiger partial charge in [0, 0.05) is 11.8 Å². The van der Waals surface area contributed by atoms with Crippen LogP contribution in [-0.4, -0.2) is 22.9 Å². The summed E-state index contributed by atoms with van der Waals surface area (Å²) in [5, 5.41) is 8.96. The summed E-state index contributed by atoms with van der Waals surface area (Å²) in [5.41, 5.74) is 1.13. The topological polar surface area (TPSA) is 74.7 Å². The molecule has 2 rings (SSSR count). The van der Waals surface area contributed by atoms with Gasteiger partial charge in [-0.25, -0.2) is 4.79 Å². The highest BCUT2D eigenvalue weighted by molar-refractivity contribution is 6.21. The van der Waals surface area contributed by atoms with Gasteiger partial charge in [0.1, 0.15) is 0 Å². The molecule has 100 valence electrons. The first-order valence-corrected chi connectivity index (χ1v) is 6.06. The van der Waals surface area contributed by atoms with Gasteiger partial charge in [-0.3, -0.25) is 14.5 Å². The molecular formula is C14H15NO4. The van der Waals surface area contributed by atoms with Crippen LogP contribution in [0.5, 0.6) is 0 Å². The maximum Gasteiger partial charge on any atom is 0.335 e. The lowest BCUT2D eigenvalue weighted by atomic mass is 10.00. The zero-order valence-corrected chi connectivity index (χ0v) is 11.0. The van der Waals surface area contributed by atoms with E-state index in [1.165, 1.54) is 12.1 Å². The van der Waals surface area contributed by atoms with E-state index in [2.05, 4.69) is 0 Å². The first kappa shape index (κ1) is 13.3. The molecule has 0 bridgehead atoms. The van der Waals surface area contributed by atoms with Crippen LogP contribution in [-0.2, 0) is 9.59 Å². The number of carbonyl (C=O) groups is 3. The minimum Gasteiger partial charge on any atom is -0.478 e. The van der Waals surface area contributed by atoms with E-state index in [0.717, 1.165) is 4.90 Å². The van der Waals surface area contributed by atoms with E-state index in [-0.39, 0.29) is 29.2 Å². The van der Waals surface area contributed by atoms with E-state index in [1.54, 1.807) is 26.8 Å². The first-order valence-electron chi connectivity index (χ1n) is 6.06. The molecule has 5 nitrogen and oxygen atoms in total. The first-order chi connectivity index (χ1) is 8.84. The number of amides is 2. The highest BCUT2D eigenvalue weighted by Crippen LogP contribution is 2.31. The summed E-state index contributed by atoms with van der Waals surface area (Å²) in [6.45, 7) is 5.09. The molecule has 1 fully saturated rings. The third-order valence-corrected chi connectivity index (χ3v) is 3.67. The maximum absolute atomic E-state index is 12.0. The normalized spacial score (nSPS) is 23.0. The smallest absolute Gasteiger partial charge is 0.335 e. The third kappa shape index (κ3) is 2.01. The number of benzene rings is 1. The molecule has 0 spiro atoms. The van der Waals surface area contributed by atoms with Crippen molar-refractivity contribution in [2.75, 3.05) is 4.90 Å². The monoisotopic (exact) mass is 261 g/mol. The quantitative estimate of drug-likeness (QED) is 0.824. The number of rotatable bonds is 2. The maximum atomic E-state index is 12.0. The number of hydrogen-bond donors (Lipinski definition) is 1. The Morgan fingerprint density at radius 3 is 2.11 bits per heavy atom. The number of aryl methyl sites for hydroxylation is 1. The molecule has 1 saturated heterocycles. The van der Waals surface area contributed by atoms with Gasteiger partial charge in [0.2, 0.25) is 11.8 Å². The summed E-state index contributed by atoms with van der Waals surface area (Å²) in [6, 6.07) is 4.47. The molecule has 0 aliphatic carbocycles. The zero-order chi connectivity index (χ0) is 14.3. The van der Waals surface area contributed by atoms with Crippen LogP contribution in [0.1, 0.15) is 29.8 Å². The molecule has 1 aromatic carbocycles. The van der Waals surface area contributed by atoms with E-state index < -0.39 is 5.97 Å². The lowest BCUT2D eigenvalue weighted by molar-refractivity contribution is -0.122. The SMILES string of the molecule is Cc1cc(N2C(=O)C(C)C(C)C2=O)ccc1C(=O)O. The van der Waals surface area contributed by atoms with Crippen molar-refractivity contribution in [2.45, 2.75) is 20.8 Å². The van der Waals surface area contributed by atoms with Gasteiger partial charge in [0.05, 0.1) is 11.3 Å². The number of nitrogens with zero attached hydrogens (tertiary/aromatic N) is 1. The second-order valence-electron chi connectivity index (χ2n) is 4.89. The van der Waals surface area contributed by atoms with Crippen LogP contribution in [0.3, 0.4) is 0 Å². The Bertz CT molecular complexity index is 559. The van der Waals surface area contributed by atoms with Crippen LogP contribution in [0.25, 0.3) is 0 Å². The fraction of sp³-hybridized carbons (Fsp3) is 0.357. The standard InChI is InChI=1S/C14H15NO4/c1-7-6-10(4-5-11(7)14(18)19)15-12(16)8(2)9(3)13(15)17/h4-6,8-9H,1-3H3,(H,18,19). The predicted molar refractivity (Wildman–Crippen MR) is 69.0 cm³/mol. The third-order valence-electron chi connectivity index (χ3n) is 3.67. The molecule has 1 heterocycles. The minimum absolute atomic E-state index is 0.170. The Hall–Kier alpha value is -2.17. The Labute approximate surface area is 110 Å². The molecule has 19 heavy (non-hydrogen) atoms. The molecule has 5 heteroatoms. The number of anilines is 1. The van der Waals surface area contributed by atoms with E-state index >= 15 is 0 Å². The van der Waals surface area contributed by atoms with Crippen molar-refractivity contribution in [3.63, 3.8) is 0 Å². The van der Waals surface area contributed by atoms with E-state index in [4.69, 9.17) is 5.11 Å². The molecule has 0 radical (unpaired) electrons. The van der Waals surface area contributed by atoms with Crippen molar-refractivity contribution >= 4 is 23.5 Å². The molecule has 1 aromatic rings. The van der Waals surface area contributed by atoms with E-state index in [9.17, 15) is 14.4 Å². The molecule has 2 unspecified atom stereocenters. The highest BCUT2D eigenvalue weighted by atomic mass is 16.4. The number of hydrogen-bond acceptors (Lipinski definition) is 3. The summed E-state index contributed by atoms with van der Waals surface area (Å²) in [5.74, 6) is -2.18. The Morgan fingerprint density at radius 1 is 1.16 bits per heavy atom. The van der Waals surface area contributed by atoms with Crippen molar-refractivity contribution in [3.8, 4) is 0 Å². The second kappa shape index (κ2) is 4.50. The molecule has 1 N–H and O–H groups in total. The molecule has 2 atom stereocenters. The van der Waals surface area contributed by atoms with Gasteiger partial charge in [-0.15, -0.1) is 0 Å². The molecule has 2 amide bonds. The van der Waals surface area contributed by atoms with Crippen molar-refractivity contribution in [2.24, 2.45) is 11.8 Å². The van der Waals surface area contributed by atoms with Gasteiger partial charge in [-0.2, -0.15) is 0 Å². The lowest BCUT2D eigenvalue weighted by Crippen LogP contribution is -2.30. The van der Waals surface area contributed by atoms with Gasteiger partial charge in [0.15, 0.2) is 0 Å². The lowest BCUT2D eigenvalue weighted by Gasteiger charge is -2.15. The van der Waals surface area contributed by atoms with Crippen LogP contribution in [0.2, 0.25) is 0 Å². The number of carboxylic acid groups (broad SMARTS) is 1. The van der Waals surface area contributed by atoms with Crippen LogP contribution in [0.4, 0.5) is 5.69 Å². The highest BCUT2D eigenvalue weighted by Gasteiger charge is 2.43. The number of carbonyl (C=O) groups excluding carboxylic acids is 2. The summed E-state index contributed by atoms with van der Waals surface area (Å²) in [7, 11) is 0. The van der Waals surface area contributed by atoms with Crippen molar-refractivity contribution in [1.82, 2.24) is 0 Å². The van der Waals surface area contributed by atoms with Crippen LogP contribution in [0.15, 0.2) is 18.2 Å². The van der Waals surface area contributed by atoms with Gasteiger partial charge in [-0.1, -0.05) is 13.8 Å². The summed E-state index contributed by atoms with van der Waals surface area (Å²) >= 11 is 0. The van der Waals surface area contributed by atoms with Crippen LogP contribution in [0, 0.1) is 18.8 Å². The predicted octanol–water partition coefficient (Wildman–Crippen LogP) is 1.84. The summed E-state index contributed by atoms with van der Waals surface area (Å²) < 4.78 is 0. The fourth-order valence-corrected chi connectivity index (χ4v) is 2.22. The largest absolute Gasteiger partial charge is 0.478 e. The molecule has 1 aliphatic heterocycles. The molecule has 1 aliphatic rings. The number of carboxylic acids is 1. The number of imide groups is 1. The van der Waals surface area contributed by atoms with E-state index in [1.807, 2.05) is 0 Å². The fourth-order valence-electron chi connectivity index (χ4n) is 2.22. The summed E-state index contributed by atoms with van der Waals surface area (Å²) in [6.07, 6.45) is 0. The van der Waals surface area contributed by atoms with Crippen LogP contribution < -0.4 is 4.90 Å². The van der Waals surface area contributed by atoms with Crippen molar-refractivity contribution in [1.29, 1.82) is 0 Å². The van der Waals surface area contributed by atoms with Crippen LogP contribution >= 0.6 is 0 Å². The van der Waals surface area contributed by atoms with Gasteiger partial charge >= 0.3 is 5.97 Å². The Morgan fingerprint density at radius 2 is 1.68 bits per heavy atom. The average molecular weight is 261 g/mol. The second-order valence-corrected chi connectivity index (χ2v) is 4.89. The Kier molecular flexibility index (Phi) is 3.14. The van der Waals surface area contributed by atoms with Crippen molar-refractivity contribution in [3.05, 3.63) is 29.3 Å². The van der Waals surface area contributed by atoms with Gasteiger partial charge in [-0.05, 0) is 30.7 Å². The van der Waals surface area contributed by atoms with Gasteiger partial charge < -0.3 is 5.11 Å². The molecule has 0 saturated carbocycles. The minimum atomic E-state index is -1.02. The average Bonchev–Trinajstić information content (AvgIpc) is 2.53. The Balaban J connectivity index is 2.43. The van der Waals surface area contributed by atoms with Gasteiger partial charge in [0.25, 0.3) is 0 Å². The summed E-state index contributed by atoms with van der Waals surface area (Å²) in [4.78, 5) is 36.2. The van der Waals surface area contributed by atoms with Crippen molar-refractivity contribution < 1.29 is 19.5 Å².